The molecule has 0 saturated heterocycles. The van der Waals surface area contributed by atoms with Crippen LogP contribution in [0.15, 0.2) is 73.3 Å². The van der Waals surface area contributed by atoms with Crippen molar-refractivity contribution in [2.24, 2.45) is 0 Å². The summed E-state index contributed by atoms with van der Waals surface area (Å²) in [6.45, 7) is 10.9. The zero-order valence-corrected chi connectivity index (χ0v) is 18.2. The first-order valence-corrected chi connectivity index (χ1v) is 10.3. The lowest BCUT2D eigenvalue weighted by Gasteiger charge is -2.22. The molecule has 0 aliphatic heterocycles. The smallest absolute Gasteiger partial charge is 0.0159 e. The molecule has 0 atom stereocenters. The van der Waals surface area contributed by atoms with E-state index in [0.717, 1.165) is 5.57 Å². The average molecular weight is 462 g/mol. The minimum absolute atomic E-state index is 0.0107. The van der Waals surface area contributed by atoms with E-state index in [9.17, 15) is 0 Å². The summed E-state index contributed by atoms with van der Waals surface area (Å²) in [5.41, 5.74) is 10.5. The molecule has 27 heavy (non-hydrogen) atoms. The first-order chi connectivity index (χ1) is 12.9. The molecule has 4 rings (SSSR count). The molecular weight excluding hydrogens is 439 g/mol. The van der Waals surface area contributed by atoms with Crippen molar-refractivity contribution in [1.29, 1.82) is 0 Å². The summed E-state index contributed by atoms with van der Waals surface area (Å²) in [7, 11) is 0. The van der Waals surface area contributed by atoms with E-state index in [1.54, 1.807) is 0 Å². The van der Waals surface area contributed by atoms with Gasteiger partial charge in [0.15, 0.2) is 0 Å². The fourth-order valence-electron chi connectivity index (χ4n) is 4.07. The zero-order valence-electron chi connectivity index (χ0n) is 16.0. The lowest BCUT2D eigenvalue weighted by molar-refractivity contribution is 0.659. The van der Waals surface area contributed by atoms with Gasteiger partial charge in [0.2, 0.25) is 0 Å². The van der Waals surface area contributed by atoms with E-state index in [-0.39, 0.29) is 5.41 Å². The van der Waals surface area contributed by atoms with Gasteiger partial charge in [-0.3, -0.25) is 0 Å². The Labute approximate surface area is 175 Å². The molecule has 0 amide bonds. The predicted molar refractivity (Wildman–Crippen MR) is 126 cm³/mol. The first-order valence-electron chi connectivity index (χ1n) is 9.27. The van der Waals surface area contributed by atoms with Gasteiger partial charge in [0.1, 0.15) is 0 Å². The molecule has 1 aliphatic rings. The van der Waals surface area contributed by atoms with E-state index >= 15 is 0 Å². The van der Waals surface area contributed by atoms with Gasteiger partial charge in [0.25, 0.3) is 0 Å². The van der Waals surface area contributed by atoms with Crippen molar-refractivity contribution in [3.05, 3.63) is 105 Å². The molecular formula is C26H23I. The van der Waals surface area contributed by atoms with Crippen molar-refractivity contribution in [2.75, 3.05) is 0 Å². The van der Waals surface area contributed by atoms with Crippen LogP contribution in [0, 0.1) is 10.5 Å². The molecule has 3 aromatic rings. The van der Waals surface area contributed by atoms with Gasteiger partial charge in [-0.05, 0) is 98.3 Å². The van der Waals surface area contributed by atoms with E-state index in [4.69, 9.17) is 0 Å². The lowest BCUT2D eigenvalue weighted by atomic mass is 9.81. The van der Waals surface area contributed by atoms with Gasteiger partial charge in [0, 0.05) is 8.99 Å². The van der Waals surface area contributed by atoms with Crippen LogP contribution in [0.25, 0.3) is 22.8 Å². The number of halogens is 1. The standard InChI is InChI=1S/C26H23I/c1-5-18(14-19-9-7-6-8-17(19)2)20-10-12-22-23-13-11-21(27)16-25(23)26(3,4)24(22)15-20/h5-16H,1H2,2-4H3/b18-14+. The predicted octanol–water partition coefficient (Wildman–Crippen LogP) is 7.63. The van der Waals surface area contributed by atoms with Gasteiger partial charge in [-0.15, -0.1) is 0 Å². The van der Waals surface area contributed by atoms with Crippen LogP contribution in [-0.2, 0) is 5.41 Å². The maximum absolute atomic E-state index is 4.07. The Balaban J connectivity index is 1.85. The van der Waals surface area contributed by atoms with E-state index in [1.807, 2.05) is 6.08 Å². The van der Waals surface area contributed by atoms with Gasteiger partial charge in [-0.2, -0.15) is 0 Å². The molecule has 0 aromatic heterocycles. The summed E-state index contributed by atoms with van der Waals surface area (Å²) >= 11 is 2.41. The summed E-state index contributed by atoms with van der Waals surface area (Å²) in [6, 6.07) is 22.1. The molecule has 134 valence electrons. The summed E-state index contributed by atoms with van der Waals surface area (Å²) < 4.78 is 1.29. The van der Waals surface area contributed by atoms with Crippen molar-refractivity contribution < 1.29 is 0 Å². The Hall–Kier alpha value is -2.13. The summed E-state index contributed by atoms with van der Waals surface area (Å²) in [5, 5.41) is 0. The summed E-state index contributed by atoms with van der Waals surface area (Å²) in [6.07, 6.45) is 4.20. The van der Waals surface area contributed by atoms with Crippen molar-refractivity contribution in [3.8, 4) is 11.1 Å². The first kappa shape index (κ1) is 18.2. The third-order valence-electron chi connectivity index (χ3n) is 5.69. The van der Waals surface area contributed by atoms with Gasteiger partial charge in [-0.1, -0.05) is 69.0 Å². The van der Waals surface area contributed by atoms with Crippen LogP contribution in [0.1, 0.15) is 41.7 Å². The van der Waals surface area contributed by atoms with Gasteiger partial charge in [0.05, 0.1) is 0 Å². The Morgan fingerprint density at radius 2 is 1.59 bits per heavy atom. The normalized spacial score (nSPS) is 14.6. The van der Waals surface area contributed by atoms with Crippen LogP contribution in [0.4, 0.5) is 0 Å². The Kier molecular flexibility index (Phi) is 4.59. The van der Waals surface area contributed by atoms with Gasteiger partial charge in [-0.25, -0.2) is 0 Å². The van der Waals surface area contributed by atoms with Crippen LogP contribution in [-0.4, -0.2) is 0 Å². The molecule has 0 nitrogen and oxygen atoms in total. The molecule has 1 aliphatic carbocycles. The van der Waals surface area contributed by atoms with E-state index in [0.29, 0.717) is 0 Å². The van der Waals surface area contributed by atoms with Crippen molar-refractivity contribution in [3.63, 3.8) is 0 Å². The SMILES string of the molecule is C=C/C(=C\c1ccccc1C)c1ccc2c(c1)C(C)(C)c1cc(I)ccc1-2. The van der Waals surface area contributed by atoms with Crippen molar-refractivity contribution >= 4 is 34.2 Å². The lowest BCUT2D eigenvalue weighted by Crippen LogP contribution is -2.15. The monoisotopic (exact) mass is 462 g/mol. The minimum Gasteiger partial charge on any atom is -0.0984 e. The fraction of sp³-hybridized carbons (Fsp3) is 0.154. The molecule has 0 heterocycles. The third kappa shape index (κ3) is 3.08. The molecule has 0 unspecified atom stereocenters. The Morgan fingerprint density at radius 1 is 0.926 bits per heavy atom. The molecule has 0 fully saturated rings. The zero-order chi connectivity index (χ0) is 19.2. The molecule has 1 heteroatoms. The second kappa shape index (κ2) is 6.79. The topological polar surface area (TPSA) is 0 Å². The van der Waals surface area contributed by atoms with Gasteiger partial charge >= 0.3 is 0 Å². The Morgan fingerprint density at radius 3 is 2.30 bits per heavy atom. The maximum Gasteiger partial charge on any atom is 0.0159 e. The molecule has 0 saturated carbocycles. The minimum atomic E-state index is 0.0107. The van der Waals surface area contributed by atoms with Crippen molar-refractivity contribution in [1.82, 2.24) is 0 Å². The number of fused-ring (bicyclic) bond motifs is 3. The second-order valence-corrected chi connectivity index (χ2v) is 8.98. The summed E-state index contributed by atoms with van der Waals surface area (Å²) in [5.74, 6) is 0. The third-order valence-corrected chi connectivity index (χ3v) is 6.36. The highest BCUT2D eigenvalue weighted by Gasteiger charge is 2.35. The number of hydrogen-bond acceptors (Lipinski definition) is 0. The molecule has 0 N–H and O–H groups in total. The quantitative estimate of drug-likeness (QED) is 0.213. The highest BCUT2D eigenvalue weighted by atomic mass is 127. The number of rotatable bonds is 3. The fourth-order valence-corrected chi connectivity index (χ4v) is 4.56. The van der Waals surface area contributed by atoms with E-state index in [1.165, 1.54) is 42.5 Å². The second-order valence-electron chi connectivity index (χ2n) is 7.74. The van der Waals surface area contributed by atoms with Crippen LogP contribution in [0.3, 0.4) is 0 Å². The number of allylic oxidation sites excluding steroid dienone is 2. The van der Waals surface area contributed by atoms with E-state index in [2.05, 4.69) is 117 Å². The summed E-state index contributed by atoms with van der Waals surface area (Å²) in [4.78, 5) is 0. The maximum atomic E-state index is 4.07. The van der Waals surface area contributed by atoms with Crippen LogP contribution >= 0.6 is 22.6 Å². The van der Waals surface area contributed by atoms with Crippen LogP contribution in [0.5, 0.6) is 0 Å². The largest absolute Gasteiger partial charge is 0.0984 e. The Bertz CT molecular complexity index is 1080. The molecule has 0 radical (unpaired) electrons. The number of hydrogen-bond donors (Lipinski definition) is 0. The average Bonchev–Trinajstić information content (AvgIpc) is 2.88. The molecule has 0 spiro atoms. The van der Waals surface area contributed by atoms with Crippen molar-refractivity contribution in [2.45, 2.75) is 26.2 Å². The van der Waals surface area contributed by atoms with Gasteiger partial charge < -0.3 is 0 Å². The highest BCUT2D eigenvalue weighted by molar-refractivity contribution is 14.1. The van der Waals surface area contributed by atoms with Crippen LogP contribution < -0.4 is 0 Å². The molecule has 3 aromatic carbocycles. The molecule has 0 bridgehead atoms. The number of aryl methyl sites for hydroxylation is 1. The van der Waals surface area contributed by atoms with E-state index < -0.39 is 0 Å². The highest BCUT2D eigenvalue weighted by Crippen LogP contribution is 2.49. The number of benzene rings is 3. The van der Waals surface area contributed by atoms with Crippen LogP contribution in [0.2, 0.25) is 0 Å².